The highest BCUT2D eigenvalue weighted by Gasteiger charge is 2.22. The number of aromatic nitrogens is 4. The summed E-state index contributed by atoms with van der Waals surface area (Å²) in [5, 5.41) is 13.7. The molecule has 0 aliphatic rings. The number of nitrogens with one attached hydrogen (secondary N) is 2. The molecule has 3 aromatic rings. The predicted octanol–water partition coefficient (Wildman–Crippen LogP) is 3.35. The molecule has 0 saturated carbocycles. The van der Waals surface area contributed by atoms with E-state index in [0.717, 1.165) is 11.1 Å². The Labute approximate surface area is 162 Å². The van der Waals surface area contributed by atoms with Crippen LogP contribution in [0.1, 0.15) is 42.9 Å². The van der Waals surface area contributed by atoms with Crippen molar-refractivity contribution < 1.29 is 14.3 Å². The van der Waals surface area contributed by atoms with Crippen LogP contribution in [0, 0.1) is 6.92 Å². The fourth-order valence-corrected chi connectivity index (χ4v) is 2.63. The quantitative estimate of drug-likeness (QED) is 0.638. The molecule has 146 valence electrons. The maximum atomic E-state index is 12.4. The van der Waals surface area contributed by atoms with Gasteiger partial charge in [-0.05, 0) is 33.8 Å². The van der Waals surface area contributed by atoms with Crippen molar-refractivity contribution in [2.24, 2.45) is 0 Å². The molecule has 0 aliphatic heterocycles. The number of hydrogen-bond donors (Lipinski definition) is 2. The van der Waals surface area contributed by atoms with Crippen LogP contribution in [0.25, 0.3) is 11.3 Å². The molecule has 0 radical (unpaired) electrons. The minimum Gasteiger partial charge on any atom is -0.448 e. The molecule has 2 aromatic heterocycles. The monoisotopic (exact) mass is 381 g/mol. The molecule has 0 bridgehead atoms. The zero-order valence-corrected chi connectivity index (χ0v) is 16.3. The standard InChI is InChI=1S/C20H23N5O3/c1-12(2)25-18(9-10-21-25)22-19(26)14(4)28-20(27)17-11-16(23-24-17)15-7-5-13(3)6-8-15/h5-12,14H,1-4H3,(H,22,26)(H,23,24). The normalized spacial score (nSPS) is 12.0. The summed E-state index contributed by atoms with van der Waals surface area (Å²) in [5.74, 6) is -0.536. The van der Waals surface area contributed by atoms with Crippen molar-refractivity contribution >= 4 is 17.7 Å². The Balaban J connectivity index is 1.63. The highest BCUT2D eigenvalue weighted by atomic mass is 16.5. The van der Waals surface area contributed by atoms with Gasteiger partial charge in [0, 0.05) is 17.7 Å². The summed E-state index contributed by atoms with van der Waals surface area (Å²) in [6, 6.07) is 11.2. The molecule has 2 heterocycles. The van der Waals surface area contributed by atoms with Gasteiger partial charge in [-0.2, -0.15) is 10.2 Å². The number of amides is 1. The topological polar surface area (TPSA) is 102 Å². The third-order valence-electron chi connectivity index (χ3n) is 4.21. The molecule has 1 aromatic carbocycles. The molecule has 8 nitrogen and oxygen atoms in total. The van der Waals surface area contributed by atoms with Crippen LogP contribution in [0.3, 0.4) is 0 Å². The van der Waals surface area contributed by atoms with Crippen molar-refractivity contribution in [3.63, 3.8) is 0 Å². The van der Waals surface area contributed by atoms with Crippen LogP contribution in [0.5, 0.6) is 0 Å². The van der Waals surface area contributed by atoms with Gasteiger partial charge in [0.05, 0.1) is 11.9 Å². The van der Waals surface area contributed by atoms with E-state index in [1.54, 1.807) is 23.0 Å². The van der Waals surface area contributed by atoms with Crippen LogP contribution in [0.2, 0.25) is 0 Å². The number of benzene rings is 1. The number of esters is 1. The summed E-state index contributed by atoms with van der Waals surface area (Å²) >= 11 is 0. The molecule has 1 amide bonds. The summed E-state index contributed by atoms with van der Waals surface area (Å²) in [7, 11) is 0. The number of ether oxygens (including phenoxy) is 1. The first-order valence-electron chi connectivity index (χ1n) is 9.03. The molecular weight excluding hydrogens is 358 g/mol. The average molecular weight is 381 g/mol. The molecular formula is C20H23N5O3. The Morgan fingerprint density at radius 3 is 2.54 bits per heavy atom. The average Bonchev–Trinajstić information content (AvgIpc) is 3.31. The van der Waals surface area contributed by atoms with Crippen LogP contribution >= 0.6 is 0 Å². The van der Waals surface area contributed by atoms with E-state index in [0.29, 0.717) is 11.5 Å². The minimum absolute atomic E-state index is 0.0911. The van der Waals surface area contributed by atoms with Gasteiger partial charge in [-0.15, -0.1) is 0 Å². The van der Waals surface area contributed by atoms with Gasteiger partial charge in [-0.3, -0.25) is 9.89 Å². The lowest BCUT2D eigenvalue weighted by atomic mass is 10.1. The second kappa shape index (κ2) is 8.08. The van der Waals surface area contributed by atoms with Gasteiger partial charge in [-0.1, -0.05) is 29.8 Å². The largest absolute Gasteiger partial charge is 0.448 e. The smallest absolute Gasteiger partial charge is 0.357 e. The number of aryl methyl sites for hydroxylation is 1. The Bertz CT molecular complexity index is 972. The molecule has 28 heavy (non-hydrogen) atoms. The number of nitrogens with zero attached hydrogens (tertiary/aromatic N) is 3. The van der Waals surface area contributed by atoms with Gasteiger partial charge >= 0.3 is 5.97 Å². The fourth-order valence-electron chi connectivity index (χ4n) is 2.63. The van der Waals surface area contributed by atoms with Crippen LogP contribution in [-0.4, -0.2) is 38.0 Å². The van der Waals surface area contributed by atoms with Crippen LogP contribution < -0.4 is 5.32 Å². The van der Waals surface area contributed by atoms with Crippen molar-refractivity contribution in [3.05, 3.63) is 53.9 Å². The molecule has 0 spiro atoms. The molecule has 8 heteroatoms. The summed E-state index contributed by atoms with van der Waals surface area (Å²) < 4.78 is 6.94. The van der Waals surface area contributed by atoms with Crippen LogP contribution in [0.15, 0.2) is 42.6 Å². The van der Waals surface area contributed by atoms with E-state index in [4.69, 9.17) is 4.74 Å². The zero-order chi connectivity index (χ0) is 20.3. The SMILES string of the molecule is Cc1ccc(-c2cc(C(=O)OC(C)C(=O)Nc3ccnn3C(C)C)[nH]n2)cc1. The maximum Gasteiger partial charge on any atom is 0.357 e. The first-order chi connectivity index (χ1) is 13.3. The third kappa shape index (κ3) is 4.28. The number of H-pyrrole nitrogens is 1. The number of carbonyl (C=O) groups is 2. The van der Waals surface area contributed by atoms with E-state index >= 15 is 0 Å². The maximum absolute atomic E-state index is 12.4. The van der Waals surface area contributed by atoms with Gasteiger partial charge < -0.3 is 10.1 Å². The Morgan fingerprint density at radius 1 is 1.14 bits per heavy atom. The van der Waals surface area contributed by atoms with E-state index in [9.17, 15) is 9.59 Å². The molecule has 1 atom stereocenters. The lowest BCUT2D eigenvalue weighted by molar-refractivity contribution is -0.123. The van der Waals surface area contributed by atoms with Gasteiger partial charge in [-0.25, -0.2) is 9.48 Å². The molecule has 2 N–H and O–H groups in total. The highest BCUT2D eigenvalue weighted by Crippen LogP contribution is 2.19. The van der Waals surface area contributed by atoms with Crippen LogP contribution in [0.4, 0.5) is 5.82 Å². The Hall–Kier alpha value is -3.42. The Kier molecular flexibility index (Phi) is 5.58. The number of rotatable bonds is 6. The molecule has 0 saturated heterocycles. The lowest BCUT2D eigenvalue weighted by Crippen LogP contribution is -2.31. The minimum atomic E-state index is -0.978. The van der Waals surface area contributed by atoms with Crippen molar-refractivity contribution in [2.45, 2.75) is 39.8 Å². The summed E-state index contributed by atoms with van der Waals surface area (Å²) in [6.07, 6.45) is 0.623. The van der Waals surface area contributed by atoms with Crippen molar-refractivity contribution in [1.82, 2.24) is 20.0 Å². The highest BCUT2D eigenvalue weighted by molar-refractivity contribution is 5.96. The van der Waals surface area contributed by atoms with Crippen molar-refractivity contribution in [1.29, 1.82) is 0 Å². The molecule has 1 unspecified atom stereocenters. The van der Waals surface area contributed by atoms with Gasteiger partial charge in [0.25, 0.3) is 5.91 Å². The van der Waals surface area contributed by atoms with Gasteiger partial charge in [0.2, 0.25) is 0 Å². The summed E-state index contributed by atoms with van der Waals surface area (Å²) in [5.41, 5.74) is 2.83. The summed E-state index contributed by atoms with van der Waals surface area (Å²) in [4.78, 5) is 24.7. The fraction of sp³-hybridized carbons (Fsp3) is 0.300. The van der Waals surface area contributed by atoms with Gasteiger partial charge in [0.1, 0.15) is 11.5 Å². The van der Waals surface area contributed by atoms with E-state index in [2.05, 4.69) is 20.6 Å². The number of aromatic amines is 1. The molecule has 0 fully saturated rings. The van der Waals surface area contributed by atoms with Crippen molar-refractivity contribution in [2.75, 3.05) is 5.32 Å². The van der Waals surface area contributed by atoms with E-state index in [1.807, 2.05) is 45.0 Å². The first-order valence-corrected chi connectivity index (χ1v) is 9.03. The van der Waals surface area contributed by atoms with E-state index in [-0.39, 0.29) is 11.7 Å². The number of anilines is 1. The van der Waals surface area contributed by atoms with Crippen LogP contribution in [-0.2, 0) is 9.53 Å². The number of hydrogen-bond acceptors (Lipinski definition) is 5. The first kappa shape index (κ1) is 19.3. The third-order valence-corrected chi connectivity index (χ3v) is 4.21. The predicted molar refractivity (Wildman–Crippen MR) is 105 cm³/mol. The second-order valence-corrected chi connectivity index (χ2v) is 6.82. The summed E-state index contributed by atoms with van der Waals surface area (Å²) in [6.45, 7) is 7.42. The Morgan fingerprint density at radius 2 is 1.86 bits per heavy atom. The second-order valence-electron chi connectivity index (χ2n) is 6.82. The number of carbonyl (C=O) groups excluding carboxylic acids is 2. The van der Waals surface area contributed by atoms with E-state index < -0.39 is 18.0 Å². The molecule has 0 aliphatic carbocycles. The lowest BCUT2D eigenvalue weighted by Gasteiger charge is -2.15. The van der Waals surface area contributed by atoms with Gasteiger partial charge in [0.15, 0.2) is 6.10 Å². The van der Waals surface area contributed by atoms with E-state index in [1.165, 1.54) is 6.92 Å². The molecule has 3 rings (SSSR count). The van der Waals surface area contributed by atoms with Crippen molar-refractivity contribution in [3.8, 4) is 11.3 Å². The zero-order valence-electron chi connectivity index (χ0n) is 16.3.